The van der Waals surface area contributed by atoms with Crippen LogP contribution in [0.1, 0.15) is 49.8 Å². The number of likely N-dealkylation sites (tertiary alicyclic amines) is 1. The van der Waals surface area contributed by atoms with Crippen molar-refractivity contribution in [3.8, 4) is 5.75 Å². The molecule has 2 aromatic carbocycles. The number of ether oxygens (including phenoxy) is 1. The largest absolute Gasteiger partial charge is 0.496 e. The van der Waals surface area contributed by atoms with Crippen molar-refractivity contribution in [2.24, 2.45) is 5.92 Å². The van der Waals surface area contributed by atoms with E-state index >= 15 is 0 Å². The molecule has 6 nitrogen and oxygen atoms in total. The van der Waals surface area contributed by atoms with E-state index in [0.717, 1.165) is 42.6 Å². The van der Waals surface area contributed by atoms with Crippen molar-refractivity contribution in [3.05, 3.63) is 65.7 Å². The molecule has 0 unspecified atom stereocenters. The minimum atomic E-state index is -0.204. The lowest BCUT2D eigenvalue weighted by Crippen LogP contribution is -2.50. The molecule has 0 aromatic heterocycles. The topological polar surface area (TPSA) is 70.7 Å². The van der Waals surface area contributed by atoms with Crippen LogP contribution in [0.3, 0.4) is 0 Å². The minimum Gasteiger partial charge on any atom is -0.496 e. The summed E-state index contributed by atoms with van der Waals surface area (Å²) in [5.41, 5.74) is 2.19. The lowest BCUT2D eigenvalue weighted by Gasteiger charge is -2.39. The highest BCUT2D eigenvalue weighted by Crippen LogP contribution is 2.33. The normalized spacial score (nSPS) is 18.1. The molecule has 2 aromatic rings. The minimum absolute atomic E-state index is 0.00421. The zero-order valence-electron chi connectivity index (χ0n) is 19.2. The van der Waals surface area contributed by atoms with Gasteiger partial charge in [-0.1, -0.05) is 61.9 Å². The Bertz CT molecular complexity index is 872. The van der Waals surface area contributed by atoms with Crippen molar-refractivity contribution >= 4 is 11.9 Å². The van der Waals surface area contributed by atoms with Crippen molar-refractivity contribution in [2.75, 3.05) is 26.7 Å². The summed E-state index contributed by atoms with van der Waals surface area (Å²) in [6.07, 6.45) is 4.22. The van der Waals surface area contributed by atoms with Crippen LogP contribution in [0.25, 0.3) is 0 Å². The highest BCUT2D eigenvalue weighted by molar-refractivity contribution is 5.81. The highest BCUT2D eigenvalue weighted by Gasteiger charge is 2.35. The molecule has 0 bridgehead atoms. The summed E-state index contributed by atoms with van der Waals surface area (Å²) in [6, 6.07) is 17.9. The molecule has 1 aliphatic rings. The third-order valence-corrected chi connectivity index (χ3v) is 6.09. The Kier molecular flexibility index (Phi) is 8.96. The fourth-order valence-electron chi connectivity index (χ4n) is 4.28. The monoisotopic (exact) mass is 437 g/mol. The van der Waals surface area contributed by atoms with Crippen molar-refractivity contribution < 1.29 is 14.3 Å². The van der Waals surface area contributed by atoms with Crippen LogP contribution in [0.2, 0.25) is 0 Å². The SMILES string of the molecule is CCCCNC(=O)N1C[C@@H](C(=O)NCCc2ccccc2OC)CC[C@H]1c1ccccc1. The average Bonchev–Trinajstić information content (AvgIpc) is 2.84. The second kappa shape index (κ2) is 12.1. The maximum absolute atomic E-state index is 13.0. The quantitative estimate of drug-likeness (QED) is 0.574. The molecule has 0 radical (unpaired) electrons. The third kappa shape index (κ3) is 6.25. The summed E-state index contributed by atoms with van der Waals surface area (Å²) in [5.74, 6) is 0.641. The van der Waals surface area contributed by atoms with Gasteiger partial charge in [-0.05, 0) is 42.9 Å². The number of para-hydroxylation sites is 1. The van der Waals surface area contributed by atoms with E-state index < -0.39 is 0 Å². The molecule has 172 valence electrons. The summed E-state index contributed by atoms with van der Waals surface area (Å²) in [7, 11) is 1.66. The Hall–Kier alpha value is -3.02. The van der Waals surface area contributed by atoms with Gasteiger partial charge in [0.15, 0.2) is 0 Å². The van der Waals surface area contributed by atoms with Gasteiger partial charge in [0, 0.05) is 19.6 Å². The number of methoxy groups -OCH3 is 1. The zero-order chi connectivity index (χ0) is 22.8. The number of rotatable bonds is 9. The number of nitrogens with zero attached hydrogens (tertiary/aromatic N) is 1. The maximum Gasteiger partial charge on any atom is 0.317 e. The van der Waals surface area contributed by atoms with Crippen molar-refractivity contribution in [1.29, 1.82) is 0 Å². The zero-order valence-corrected chi connectivity index (χ0v) is 19.2. The Labute approximate surface area is 191 Å². The Morgan fingerprint density at radius 2 is 1.75 bits per heavy atom. The predicted octanol–water partition coefficient (Wildman–Crippen LogP) is 4.32. The van der Waals surface area contributed by atoms with Crippen molar-refractivity contribution in [2.45, 2.75) is 45.1 Å². The molecule has 2 N–H and O–H groups in total. The molecule has 0 spiro atoms. The first-order valence-corrected chi connectivity index (χ1v) is 11.6. The molecule has 1 saturated heterocycles. The van der Waals surface area contributed by atoms with Crippen LogP contribution in [-0.4, -0.2) is 43.6 Å². The number of carbonyl (C=O) groups excluding carboxylic acids is 2. The van der Waals surface area contributed by atoms with E-state index in [1.54, 1.807) is 7.11 Å². The molecule has 3 amide bonds. The van der Waals surface area contributed by atoms with E-state index in [1.165, 1.54) is 0 Å². The molecule has 2 atom stereocenters. The molecular weight excluding hydrogens is 402 g/mol. The number of urea groups is 1. The standard InChI is InChI=1S/C26H35N3O3/c1-3-4-17-28-26(31)29-19-22(14-15-23(29)20-10-6-5-7-11-20)25(30)27-18-16-21-12-8-9-13-24(21)32-2/h5-13,22-23H,3-4,14-19H2,1-2H3,(H,27,30)(H,28,31)/t22-,23-/m0/s1. The summed E-state index contributed by atoms with van der Waals surface area (Å²) in [6.45, 7) is 3.73. The van der Waals surface area contributed by atoms with Gasteiger partial charge in [0.2, 0.25) is 5.91 Å². The Morgan fingerprint density at radius 3 is 2.50 bits per heavy atom. The van der Waals surface area contributed by atoms with Gasteiger partial charge in [-0.3, -0.25) is 4.79 Å². The number of hydrogen-bond donors (Lipinski definition) is 2. The number of hydrogen-bond acceptors (Lipinski definition) is 3. The summed E-state index contributed by atoms with van der Waals surface area (Å²) in [5, 5.41) is 6.10. The average molecular weight is 438 g/mol. The summed E-state index contributed by atoms with van der Waals surface area (Å²) >= 11 is 0. The molecule has 0 saturated carbocycles. The number of amides is 3. The molecule has 1 heterocycles. The smallest absolute Gasteiger partial charge is 0.317 e. The first-order valence-electron chi connectivity index (χ1n) is 11.6. The van der Waals surface area contributed by atoms with Gasteiger partial charge >= 0.3 is 6.03 Å². The van der Waals surface area contributed by atoms with E-state index in [1.807, 2.05) is 47.4 Å². The van der Waals surface area contributed by atoms with Gasteiger partial charge in [0.1, 0.15) is 5.75 Å². The van der Waals surface area contributed by atoms with Crippen LogP contribution in [0.4, 0.5) is 4.79 Å². The number of piperidine rings is 1. The van der Waals surface area contributed by atoms with E-state index in [4.69, 9.17) is 4.74 Å². The number of nitrogens with one attached hydrogen (secondary N) is 2. The second-order valence-corrected chi connectivity index (χ2v) is 8.29. The third-order valence-electron chi connectivity index (χ3n) is 6.09. The first kappa shape index (κ1) is 23.6. The van der Waals surface area contributed by atoms with Gasteiger partial charge in [-0.15, -0.1) is 0 Å². The fourth-order valence-corrected chi connectivity index (χ4v) is 4.28. The Balaban J connectivity index is 1.61. The summed E-state index contributed by atoms with van der Waals surface area (Å²) < 4.78 is 5.39. The van der Waals surface area contributed by atoms with Gasteiger partial charge in [0.05, 0.1) is 19.1 Å². The van der Waals surface area contributed by atoms with E-state index in [0.29, 0.717) is 26.1 Å². The number of unbranched alkanes of at least 4 members (excludes halogenated alkanes) is 1. The van der Waals surface area contributed by atoms with Gasteiger partial charge in [0.25, 0.3) is 0 Å². The van der Waals surface area contributed by atoms with Gasteiger partial charge < -0.3 is 20.3 Å². The lowest BCUT2D eigenvalue weighted by atomic mass is 9.88. The van der Waals surface area contributed by atoms with Crippen molar-refractivity contribution in [3.63, 3.8) is 0 Å². The molecule has 6 heteroatoms. The molecular formula is C26H35N3O3. The molecule has 32 heavy (non-hydrogen) atoms. The maximum atomic E-state index is 13.0. The van der Waals surface area contributed by atoms with Crippen LogP contribution in [0.5, 0.6) is 5.75 Å². The van der Waals surface area contributed by atoms with Crippen LogP contribution < -0.4 is 15.4 Å². The molecule has 3 rings (SSSR count). The molecule has 1 fully saturated rings. The number of carbonyl (C=O) groups is 2. The molecule has 0 aliphatic carbocycles. The van der Waals surface area contributed by atoms with Crippen LogP contribution in [-0.2, 0) is 11.2 Å². The van der Waals surface area contributed by atoms with Crippen LogP contribution in [0.15, 0.2) is 54.6 Å². The van der Waals surface area contributed by atoms with E-state index in [-0.39, 0.29) is 23.9 Å². The van der Waals surface area contributed by atoms with Gasteiger partial charge in [-0.2, -0.15) is 0 Å². The van der Waals surface area contributed by atoms with Gasteiger partial charge in [-0.25, -0.2) is 4.79 Å². The van der Waals surface area contributed by atoms with E-state index in [2.05, 4.69) is 29.7 Å². The predicted molar refractivity (Wildman–Crippen MR) is 127 cm³/mol. The van der Waals surface area contributed by atoms with Crippen molar-refractivity contribution in [1.82, 2.24) is 15.5 Å². The summed E-state index contributed by atoms with van der Waals surface area (Å²) in [4.78, 5) is 27.7. The molecule has 1 aliphatic heterocycles. The number of benzene rings is 2. The first-order chi connectivity index (χ1) is 15.6. The second-order valence-electron chi connectivity index (χ2n) is 8.29. The van der Waals surface area contributed by atoms with Crippen LogP contribution >= 0.6 is 0 Å². The highest BCUT2D eigenvalue weighted by atomic mass is 16.5. The lowest BCUT2D eigenvalue weighted by molar-refractivity contribution is -0.126. The van der Waals surface area contributed by atoms with Crippen LogP contribution in [0, 0.1) is 5.92 Å². The van der Waals surface area contributed by atoms with E-state index in [9.17, 15) is 9.59 Å². The Morgan fingerprint density at radius 1 is 1.00 bits per heavy atom. The fraction of sp³-hybridized carbons (Fsp3) is 0.462.